The molecule has 1 aromatic heterocycles. The first-order valence-corrected chi connectivity index (χ1v) is 5.91. The quantitative estimate of drug-likeness (QED) is 0.682. The van der Waals surface area contributed by atoms with Gasteiger partial charge in [0.15, 0.2) is 5.78 Å². The SMILES string of the molecule is O=C1C=C2CC=CC=C2Sc2ncccc21. The van der Waals surface area contributed by atoms with Crippen LogP contribution in [0.25, 0.3) is 0 Å². The summed E-state index contributed by atoms with van der Waals surface area (Å²) in [5, 5.41) is 0.806. The lowest BCUT2D eigenvalue weighted by atomic mass is 10.0. The Labute approximate surface area is 97.8 Å². The first kappa shape index (κ1) is 9.60. The minimum atomic E-state index is 0.0595. The molecule has 78 valence electrons. The van der Waals surface area contributed by atoms with Crippen LogP contribution in [-0.4, -0.2) is 10.8 Å². The summed E-state index contributed by atoms with van der Waals surface area (Å²) in [5.74, 6) is 0.0595. The van der Waals surface area contributed by atoms with Gasteiger partial charge in [-0.2, -0.15) is 0 Å². The molecular weight excluding hydrogens is 218 g/mol. The highest BCUT2D eigenvalue weighted by molar-refractivity contribution is 8.03. The van der Waals surface area contributed by atoms with Crippen molar-refractivity contribution in [3.8, 4) is 0 Å². The van der Waals surface area contributed by atoms with Crippen LogP contribution >= 0.6 is 11.8 Å². The zero-order valence-corrected chi connectivity index (χ0v) is 9.33. The molecule has 0 atom stereocenters. The highest BCUT2D eigenvalue weighted by atomic mass is 32.2. The van der Waals surface area contributed by atoms with Crippen molar-refractivity contribution in [1.82, 2.24) is 4.98 Å². The Bertz CT molecular complexity index is 555. The van der Waals surface area contributed by atoms with E-state index in [-0.39, 0.29) is 5.78 Å². The van der Waals surface area contributed by atoms with Crippen molar-refractivity contribution >= 4 is 17.5 Å². The van der Waals surface area contributed by atoms with E-state index in [0.717, 1.165) is 21.9 Å². The van der Waals surface area contributed by atoms with Gasteiger partial charge in [0, 0.05) is 11.1 Å². The molecule has 0 radical (unpaired) electrons. The number of nitrogens with zero attached hydrogens (tertiary/aromatic N) is 1. The molecule has 1 aliphatic carbocycles. The molecule has 0 aromatic carbocycles. The molecule has 0 bridgehead atoms. The Balaban J connectivity index is 2.17. The number of thioether (sulfide) groups is 1. The van der Waals surface area contributed by atoms with Gasteiger partial charge >= 0.3 is 0 Å². The summed E-state index contributed by atoms with van der Waals surface area (Å²) in [4.78, 5) is 17.4. The normalized spacial score (nSPS) is 18.1. The fourth-order valence-electron chi connectivity index (χ4n) is 1.79. The Morgan fingerprint density at radius 1 is 1.38 bits per heavy atom. The number of carbonyl (C=O) groups is 1. The van der Waals surface area contributed by atoms with E-state index in [1.807, 2.05) is 18.2 Å². The molecule has 2 heterocycles. The average molecular weight is 227 g/mol. The molecule has 0 unspecified atom stereocenters. The van der Waals surface area contributed by atoms with Crippen LogP contribution in [0.5, 0.6) is 0 Å². The number of aromatic nitrogens is 1. The fourth-order valence-corrected chi connectivity index (χ4v) is 2.81. The van der Waals surface area contributed by atoms with E-state index < -0.39 is 0 Å². The molecule has 0 fully saturated rings. The number of carbonyl (C=O) groups excluding carboxylic acids is 1. The first-order chi connectivity index (χ1) is 7.84. The van der Waals surface area contributed by atoms with E-state index in [1.54, 1.807) is 30.1 Å². The number of allylic oxidation sites excluding steroid dienone is 5. The molecular formula is C13H9NOS. The second-order valence-electron chi connectivity index (χ2n) is 3.66. The number of pyridine rings is 1. The summed E-state index contributed by atoms with van der Waals surface area (Å²) in [7, 11) is 0. The summed E-state index contributed by atoms with van der Waals surface area (Å²) in [5.41, 5.74) is 1.80. The smallest absolute Gasteiger partial charge is 0.188 e. The van der Waals surface area contributed by atoms with Gasteiger partial charge in [-0.25, -0.2) is 4.98 Å². The van der Waals surface area contributed by atoms with Crippen LogP contribution in [0.4, 0.5) is 0 Å². The van der Waals surface area contributed by atoms with Crippen LogP contribution in [0.2, 0.25) is 0 Å². The Kier molecular flexibility index (Phi) is 2.26. The van der Waals surface area contributed by atoms with E-state index in [2.05, 4.69) is 11.1 Å². The van der Waals surface area contributed by atoms with Gasteiger partial charge in [0.2, 0.25) is 0 Å². The average Bonchev–Trinajstić information content (AvgIpc) is 2.45. The summed E-state index contributed by atoms with van der Waals surface area (Å²) >= 11 is 1.58. The van der Waals surface area contributed by atoms with Crippen LogP contribution in [0, 0.1) is 0 Å². The summed E-state index contributed by atoms with van der Waals surface area (Å²) < 4.78 is 0. The summed E-state index contributed by atoms with van der Waals surface area (Å²) in [6, 6.07) is 3.64. The van der Waals surface area contributed by atoms with E-state index in [4.69, 9.17) is 0 Å². The second-order valence-corrected chi connectivity index (χ2v) is 4.69. The Morgan fingerprint density at radius 3 is 3.25 bits per heavy atom. The number of rotatable bonds is 0. The predicted molar refractivity (Wildman–Crippen MR) is 64.3 cm³/mol. The van der Waals surface area contributed by atoms with Crippen LogP contribution in [0.3, 0.4) is 0 Å². The molecule has 2 aliphatic rings. The van der Waals surface area contributed by atoms with E-state index >= 15 is 0 Å². The van der Waals surface area contributed by atoms with Gasteiger partial charge in [-0.15, -0.1) is 0 Å². The van der Waals surface area contributed by atoms with Gasteiger partial charge < -0.3 is 0 Å². The zero-order valence-electron chi connectivity index (χ0n) is 8.51. The van der Waals surface area contributed by atoms with Gasteiger partial charge in [-0.05, 0) is 36.3 Å². The molecule has 1 aliphatic heterocycles. The maximum atomic E-state index is 12.0. The third-order valence-electron chi connectivity index (χ3n) is 2.59. The highest BCUT2D eigenvalue weighted by Gasteiger charge is 2.20. The largest absolute Gasteiger partial charge is 0.289 e. The molecule has 0 saturated carbocycles. The lowest BCUT2D eigenvalue weighted by Gasteiger charge is -2.09. The van der Waals surface area contributed by atoms with E-state index in [1.165, 1.54) is 0 Å². The molecule has 2 nitrogen and oxygen atoms in total. The molecule has 0 N–H and O–H groups in total. The van der Waals surface area contributed by atoms with Crippen LogP contribution in [0.1, 0.15) is 16.8 Å². The topological polar surface area (TPSA) is 30.0 Å². The standard InChI is InChI=1S/C13H9NOS/c15-11-8-9-4-1-2-6-12(9)16-13-10(11)5-3-7-14-13/h1-3,5-8H,4H2. The molecule has 0 amide bonds. The minimum absolute atomic E-state index is 0.0595. The minimum Gasteiger partial charge on any atom is -0.289 e. The maximum Gasteiger partial charge on any atom is 0.188 e. The zero-order chi connectivity index (χ0) is 11.0. The Morgan fingerprint density at radius 2 is 2.31 bits per heavy atom. The maximum absolute atomic E-state index is 12.0. The lowest BCUT2D eigenvalue weighted by molar-refractivity contribution is 0.104. The fraction of sp³-hybridized carbons (Fsp3) is 0.0769. The van der Waals surface area contributed by atoms with Gasteiger partial charge in [0.05, 0.1) is 5.56 Å². The highest BCUT2D eigenvalue weighted by Crippen LogP contribution is 2.38. The molecule has 0 saturated heterocycles. The number of hydrogen-bond donors (Lipinski definition) is 0. The molecule has 3 rings (SSSR count). The Hall–Kier alpha value is -1.61. The monoisotopic (exact) mass is 227 g/mol. The van der Waals surface area contributed by atoms with Crippen molar-refractivity contribution in [2.24, 2.45) is 0 Å². The van der Waals surface area contributed by atoms with E-state index in [9.17, 15) is 4.79 Å². The van der Waals surface area contributed by atoms with Crippen LogP contribution in [-0.2, 0) is 0 Å². The number of hydrogen-bond acceptors (Lipinski definition) is 3. The predicted octanol–water partition coefficient (Wildman–Crippen LogP) is 3.14. The third-order valence-corrected chi connectivity index (χ3v) is 3.72. The summed E-state index contributed by atoms with van der Waals surface area (Å²) in [6.45, 7) is 0. The molecule has 0 spiro atoms. The van der Waals surface area contributed by atoms with Crippen molar-refractivity contribution in [3.63, 3.8) is 0 Å². The first-order valence-electron chi connectivity index (χ1n) is 5.09. The van der Waals surface area contributed by atoms with Crippen molar-refractivity contribution in [1.29, 1.82) is 0 Å². The van der Waals surface area contributed by atoms with E-state index in [0.29, 0.717) is 5.56 Å². The number of ketones is 1. The van der Waals surface area contributed by atoms with Crippen molar-refractivity contribution < 1.29 is 4.79 Å². The molecule has 16 heavy (non-hydrogen) atoms. The van der Waals surface area contributed by atoms with Crippen molar-refractivity contribution in [2.45, 2.75) is 11.4 Å². The molecule has 1 aromatic rings. The molecule has 3 heteroatoms. The van der Waals surface area contributed by atoms with Gasteiger partial charge in [-0.3, -0.25) is 4.79 Å². The van der Waals surface area contributed by atoms with Gasteiger partial charge in [0.25, 0.3) is 0 Å². The van der Waals surface area contributed by atoms with Gasteiger partial charge in [-0.1, -0.05) is 23.9 Å². The van der Waals surface area contributed by atoms with Crippen molar-refractivity contribution in [3.05, 3.63) is 58.7 Å². The van der Waals surface area contributed by atoms with Crippen molar-refractivity contribution in [2.75, 3.05) is 0 Å². The number of fused-ring (bicyclic) bond motifs is 2. The summed E-state index contributed by atoms with van der Waals surface area (Å²) in [6.07, 6.45) is 10.4. The lowest BCUT2D eigenvalue weighted by Crippen LogP contribution is -1.97. The third kappa shape index (κ3) is 1.53. The van der Waals surface area contributed by atoms with Crippen LogP contribution in [0.15, 0.2) is 58.1 Å². The van der Waals surface area contributed by atoms with Gasteiger partial charge in [0.1, 0.15) is 5.03 Å². The second kappa shape index (κ2) is 3.76. The van der Waals surface area contributed by atoms with Crippen LogP contribution < -0.4 is 0 Å².